The van der Waals surface area contributed by atoms with Gasteiger partial charge in [0, 0.05) is 5.56 Å². The fraction of sp³-hybridized carbons (Fsp3) is 0.0667. The predicted molar refractivity (Wildman–Crippen MR) is 89.3 cm³/mol. The van der Waals surface area contributed by atoms with E-state index in [4.69, 9.17) is 16.7 Å². The van der Waals surface area contributed by atoms with Crippen LogP contribution in [-0.2, 0) is 16.2 Å². The molecule has 0 unspecified atom stereocenters. The van der Waals surface area contributed by atoms with Crippen LogP contribution in [0.3, 0.4) is 0 Å². The third-order valence-corrected chi connectivity index (χ3v) is 4.51. The number of nitrogens with zero attached hydrogens (tertiary/aromatic N) is 1. The summed E-state index contributed by atoms with van der Waals surface area (Å²) in [5.74, 6) is -0.755. The summed E-state index contributed by atoms with van der Waals surface area (Å²) in [5, 5.41) is 8.46. The van der Waals surface area contributed by atoms with Gasteiger partial charge in [0.2, 0.25) is 10.0 Å². The number of rotatable bonds is 4. The fourth-order valence-electron chi connectivity index (χ4n) is 1.85. The van der Waals surface area contributed by atoms with Gasteiger partial charge in [0.05, 0.1) is 16.8 Å². The minimum Gasteiger partial charge on any atom is -0.267 e. The molecule has 0 bridgehead atoms. The van der Waals surface area contributed by atoms with Crippen LogP contribution < -0.4 is 10.6 Å². The smallest absolute Gasteiger partial charge is 0.267 e. The maximum Gasteiger partial charge on any atom is 0.416 e. The number of nitrogens with two attached hydrogens (primary N) is 1. The largest absolute Gasteiger partial charge is 0.416 e. The second kappa shape index (κ2) is 7.44. The monoisotopic (exact) mass is 405 g/mol. The molecule has 0 fully saturated rings. The second-order valence-corrected chi connectivity index (χ2v) is 6.95. The van der Waals surface area contributed by atoms with Gasteiger partial charge in [-0.25, -0.2) is 19.0 Å². The number of hydrazone groups is 1. The summed E-state index contributed by atoms with van der Waals surface area (Å²) in [6.07, 6.45) is -3.31. The average Bonchev–Trinajstić information content (AvgIpc) is 2.53. The van der Waals surface area contributed by atoms with Crippen LogP contribution in [0, 0.1) is 0 Å². The number of benzene rings is 2. The standard InChI is InChI=1S/C15H11ClF3N3O3S/c16-12-6-3-10(7-13(12)26(20,24)25)14(23)22-21-8-9-1-4-11(5-2-9)15(17,18)19/h1-8H,(H,22,23)(H2,20,24,25)/b21-8-. The van der Waals surface area contributed by atoms with E-state index in [1.54, 1.807) is 0 Å². The van der Waals surface area contributed by atoms with Crippen molar-refractivity contribution in [1.29, 1.82) is 0 Å². The Bertz CT molecular complexity index is 958. The number of amides is 1. The highest BCUT2D eigenvalue weighted by molar-refractivity contribution is 7.89. The summed E-state index contributed by atoms with van der Waals surface area (Å²) in [4.78, 5) is 11.5. The number of halogens is 4. The molecule has 0 aliphatic heterocycles. The van der Waals surface area contributed by atoms with Crippen LogP contribution in [0.2, 0.25) is 5.02 Å². The van der Waals surface area contributed by atoms with Gasteiger partial charge in [-0.05, 0) is 35.9 Å². The summed E-state index contributed by atoms with van der Waals surface area (Å²) < 4.78 is 60.1. The number of nitrogens with one attached hydrogen (secondary N) is 1. The highest BCUT2D eigenvalue weighted by Gasteiger charge is 2.29. The average molecular weight is 406 g/mol. The molecule has 2 aromatic carbocycles. The molecule has 0 heterocycles. The number of alkyl halides is 3. The van der Waals surface area contributed by atoms with E-state index in [-0.39, 0.29) is 10.6 Å². The van der Waals surface area contributed by atoms with Crippen molar-refractivity contribution in [2.24, 2.45) is 10.2 Å². The molecule has 2 aromatic rings. The van der Waals surface area contributed by atoms with Crippen molar-refractivity contribution in [3.63, 3.8) is 0 Å². The van der Waals surface area contributed by atoms with Gasteiger partial charge >= 0.3 is 6.18 Å². The summed E-state index contributed by atoms with van der Waals surface area (Å²) in [6.45, 7) is 0. The number of carbonyl (C=O) groups is 1. The molecule has 11 heteroatoms. The molecule has 0 atom stereocenters. The van der Waals surface area contributed by atoms with Crippen molar-refractivity contribution in [3.8, 4) is 0 Å². The molecule has 0 saturated carbocycles. The van der Waals surface area contributed by atoms with E-state index in [0.29, 0.717) is 5.56 Å². The SMILES string of the molecule is NS(=O)(=O)c1cc(C(=O)N/N=C\c2ccc(C(F)(F)F)cc2)ccc1Cl. The number of hydrogen-bond acceptors (Lipinski definition) is 4. The molecular weight excluding hydrogens is 395 g/mol. The Balaban J connectivity index is 2.10. The molecule has 0 radical (unpaired) electrons. The van der Waals surface area contributed by atoms with Crippen molar-refractivity contribution in [2.45, 2.75) is 11.1 Å². The lowest BCUT2D eigenvalue weighted by molar-refractivity contribution is -0.137. The van der Waals surface area contributed by atoms with Gasteiger partial charge in [0.15, 0.2) is 0 Å². The lowest BCUT2D eigenvalue weighted by Gasteiger charge is -2.06. The van der Waals surface area contributed by atoms with Crippen LogP contribution in [0.1, 0.15) is 21.5 Å². The Morgan fingerprint density at radius 3 is 2.31 bits per heavy atom. The predicted octanol–water partition coefficient (Wildman–Crippen LogP) is 2.77. The zero-order valence-corrected chi connectivity index (χ0v) is 14.4. The Kier molecular flexibility index (Phi) is 5.69. The molecule has 1 amide bonds. The van der Waals surface area contributed by atoms with Gasteiger partial charge in [0.1, 0.15) is 4.90 Å². The van der Waals surface area contributed by atoms with Gasteiger partial charge in [-0.1, -0.05) is 23.7 Å². The highest BCUT2D eigenvalue weighted by Crippen LogP contribution is 2.28. The molecule has 6 nitrogen and oxygen atoms in total. The lowest BCUT2D eigenvalue weighted by atomic mass is 10.1. The Labute approximate surface area is 151 Å². The van der Waals surface area contributed by atoms with Crippen molar-refractivity contribution < 1.29 is 26.4 Å². The topological polar surface area (TPSA) is 102 Å². The Morgan fingerprint density at radius 1 is 1.15 bits per heavy atom. The second-order valence-electron chi connectivity index (χ2n) is 5.01. The molecule has 3 N–H and O–H groups in total. The molecule has 26 heavy (non-hydrogen) atoms. The van der Waals surface area contributed by atoms with E-state index in [1.807, 2.05) is 0 Å². The van der Waals surface area contributed by atoms with Gasteiger partial charge in [-0.2, -0.15) is 18.3 Å². The maximum absolute atomic E-state index is 12.5. The van der Waals surface area contributed by atoms with Gasteiger partial charge < -0.3 is 0 Å². The Hall–Kier alpha value is -2.43. The van der Waals surface area contributed by atoms with E-state index in [2.05, 4.69) is 10.5 Å². The van der Waals surface area contributed by atoms with E-state index in [0.717, 1.165) is 24.4 Å². The van der Waals surface area contributed by atoms with Crippen LogP contribution in [0.15, 0.2) is 52.5 Å². The molecule has 0 aliphatic carbocycles. The van der Waals surface area contributed by atoms with Crippen LogP contribution >= 0.6 is 11.6 Å². The van der Waals surface area contributed by atoms with Crippen molar-refractivity contribution in [1.82, 2.24) is 5.43 Å². The van der Waals surface area contributed by atoms with Crippen LogP contribution in [-0.4, -0.2) is 20.5 Å². The number of hydrogen-bond donors (Lipinski definition) is 2. The third kappa shape index (κ3) is 5.04. The Morgan fingerprint density at radius 2 is 1.77 bits per heavy atom. The van der Waals surface area contributed by atoms with E-state index < -0.39 is 32.6 Å². The van der Waals surface area contributed by atoms with E-state index in [1.165, 1.54) is 24.3 Å². The minimum absolute atomic E-state index is 0.0667. The first-order valence-corrected chi connectivity index (χ1v) is 8.74. The minimum atomic E-state index is -4.44. The zero-order chi connectivity index (χ0) is 19.5. The van der Waals surface area contributed by atoms with Crippen molar-refractivity contribution in [3.05, 3.63) is 64.2 Å². The first kappa shape index (κ1) is 19.9. The molecule has 0 spiro atoms. The summed E-state index contributed by atoms with van der Waals surface area (Å²) in [6, 6.07) is 7.55. The van der Waals surface area contributed by atoms with Gasteiger partial charge in [-0.15, -0.1) is 0 Å². The van der Waals surface area contributed by atoms with Gasteiger partial charge in [-0.3, -0.25) is 4.79 Å². The normalized spacial score (nSPS) is 12.3. The maximum atomic E-state index is 12.5. The number of primary sulfonamides is 1. The summed E-state index contributed by atoms with van der Waals surface area (Å²) in [5.41, 5.74) is 1.56. The number of sulfonamides is 1. The first-order valence-electron chi connectivity index (χ1n) is 6.81. The van der Waals surface area contributed by atoms with Crippen molar-refractivity contribution >= 4 is 33.7 Å². The van der Waals surface area contributed by atoms with Gasteiger partial charge in [0.25, 0.3) is 5.91 Å². The molecule has 0 aromatic heterocycles. The summed E-state index contributed by atoms with van der Waals surface area (Å²) >= 11 is 5.71. The summed E-state index contributed by atoms with van der Waals surface area (Å²) in [7, 11) is -4.11. The highest BCUT2D eigenvalue weighted by atomic mass is 35.5. The third-order valence-electron chi connectivity index (χ3n) is 3.12. The lowest BCUT2D eigenvalue weighted by Crippen LogP contribution is -2.19. The van der Waals surface area contributed by atoms with E-state index >= 15 is 0 Å². The van der Waals surface area contributed by atoms with Crippen LogP contribution in [0.4, 0.5) is 13.2 Å². The first-order chi connectivity index (χ1) is 12.0. The zero-order valence-electron chi connectivity index (χ0n) is 12.8. The molecule has 138 valence electrons. The van der Waals surface area contributed by atoms with Crippen LogP contribution in [0.5, 0.6) is 0 Å². The fourth-order valence-corrected chi connectivity index (χ4v) is 2.92. The van der Waals surface area contributed by atoms with Crippen LogP contribution in [0.25, 0.3) is 0 Å². The molecule has 0 aliphatic rings. The van der Waals surface area contributed by atoms with Crippen molar-refractivity contribution in [2.75, 3.05) is 0 Å². The molecule has 2 rings (SSSR count). The number of carbonyl (C=O) groups excluding carboxylic acids is 1. The van der Waals surface area contributed by atoms with E-state index in [9.17, 15) is 26.4 Å². The molecule has 0 saturated heterocycles. The quantitative estimate of drug-likeness (QED) is 0.604. The molecular formula is C15H11ClF3N3O3S.